The molecule has 1 saturated heterocycles. The minimum Gasteiger partial charge on any atom is -0.464 e. The van der Waals surface area contributed by atoms with E-state index < -0.39 is 36.1 Å². The molecule has 0 spiro atoms. The first-order valence-corrected chi connectivity index (χ1v) is 20.2. The molecule has 1 aromatic heterocycles. The molecule has 4 heterocycles. The van der Waals surface area contributed by atoms with Gasteiger partial charge in [0.2, 0.25) is 5.91 Å². The number of nitrogens with zero attached hydrogens (tertiary/aromatic N) is 4. The van der Waals surface area contributed by atoms with E-state index in [1.54, 1.807) is 25.1 Å². The monoisotopic (exact) mass is 762 g/mol. The largest absolute Gasteiger partial charge is 0.464 e. The highest BCUT2D eigenvalue weighted by molar-refractivity contribution is 8.14. The van der Waals surface area contributed by atoms with Crippen molar-refractivity contribution in [3.63, 3.8) is 0 Å². The molecule has 4 aliphatic rings. The van der Waals surface area contributed by atoms with Gasteiger partial charge in [0, 0.05) is 72.3 Å². The predicted molar refractivity (Wildman–Crippen MR) is 213 cm³/mol. The van der Waals surface area contributed by atoms with E-state index >= 15 is 0 Å². The zero-order valence-electron chi connectivity index (χ0n) is 32.6. The van der Waals surface area contributed by atoms with Gasteiger partial charge in [0.05, 0.1) is 41.9 Å². The molecule has 6 bridgehead atoms. The number of halogens is 1. The highest BCUT2D eigenvalue weighted by Crippen LogP contribution is 2.46. The number of fused-ring (bicyclic) bond motifs is 5. The lowest BCUT2D eigenvalue weighted by molar-refractivity contribution is -0.155. The topological polar surface area (TPSA) is 127 Å². The number of ether oxygens (including phenoxy) is 2. The zero-order chi connectivity index (χ0) is 38.9. The number of allylic oxidation sites excluding steroid dienone is 2. The van der Waals surface area contributed by atoms with Crippen molar-refractivity contribution in [1.82, 2.24) is 20.3 Å². The van der Waals surface area contributed by atoms with E-state index in [4.69, 9.17) is 19.5 Å². The van der Waals surface area contributed by atoms with Gasteiger partial charge in [-0.1, -0.05) is 39.5 Å². The van der Waals surface area contributed by atoms with E-state index in [1.165, 1.54) is 5.01 Å². The number of carbonyl (C=O) groups is 3. The van der Waals surface area contributed by atoms with Crippen LogP contribution in [0, 0.1) is 23.2 Å². The van der Waals surface area contributed by atoms with Gasteiger partial charge in [-0.25, -0.2) is 5.43 Å². The van der Waals surface area contributed by atoms with Crippen molar-refractivity contribution in [1.29, 1.82) is 0 Å². The maximum absolute atomic E-state index is 14.1. The van der Waals surface area contributed by atoms with Crippen LogP contribution >= 0.6 is 11.8 Å². The van der Waals surface area contributed by atoms with Gasteiger partial charge < -0.3 is 19.4 Å². The zero-order valence-corrected chi connectivity index (χ0v) is 33.4. The molecule has 292 valence electrons. The molecule has 1 saturated carbocycles. The van der Waals surface area contributed by atoms with E-state index in [0.717, 1.165) is 44.0 Å². The molecule has 1 unspecified atom stereocenters. The molecule has 0 radical (unpaired) electrons. The molecular formula is C41H55FN6O5S. The fraction of sp³-hybridized carbons (Fsp3) is 0.585. The summed E-state index contributed by atoms with van der Waals surface area (Å²) in [5, 5.41) is 6.23. The molecule has 3 aliphatic heterocycles. The quantitative estimate of drug-likeness (QED) is 0.177. The van der Waals surface area contributed by atoms with Gasteiger partial charge in [0.25, 0.3) is 5.91 Å². The summed E-state index contributed by atoms with van der Waals surface area (Å²) in [4.78, 5) is 51.0. The maximum Gasteiger partial charge on any atom is 0.324 e. The molecule has 2 amide bonds. The van der Waals surface area contributed by atoms with Crippen molar-refractivity contribution >= 4 is 57.3 Å². The van der Waals surface area contributed by atoms with Crippen molar-refractivity contribution in [2.45, 2.75) is 98.0 Å². The number of hydrogen-bond donors (Lipinski definition) is 2. The maximum atomic E-state index is 14.1. The molecule has 13 heteroatoms. The standard InChI is InChI=1S/C41H55FN6O5S/c1-9-26(36(43-10-2)24(5)52-8)37-28-19-41(6,7)22-53-40(51)30-13-12-16-48(46-30)39(50)31(45-38(49)35-23(4)29(35)20-42)18-34-44-32(21-54-34)25-14-15-33(27(28)17-25)47(37)11-3/h9-10,14-15,17,23-24,29-32,35,46H,1,11-13,16,18-22H2,2-8H3,(H,45,49)/b36-26+,43-10?/t23-,24+,29+,30+,31+,32?,35+/m1/s1. The minimum atomic E-state index is -0.926. The summed E-state index contributed by atoms with van der Waals surface area (Å²) in [5.74, 6) is -1.31. The molecule has 2 aromatic rings. The molecular weight excluding hydrogens is 708 g/mol. The van der Waals surface area contributed by atoms with E-state index in [0.29, 0.717) is 38.1 Å². The molecule has 1 aromatic carbocycles. The Morgan fingerprint density at radius 2 is 2.11 bits per heavy atom. The number of thioether (sulfide) groups is 1. The van der Waals surface area contributed by atoms with Gasteiger partial charge in [-0.15, -0.1) is 11.8 Å². The molecule has 7 atom stereocenters. The lowest BCUT2D eigenvalue weighted by Gasteiger charge is -2.35. The van der Waals surface area contributed by atoms with Crippen LogP contribution in [0.4, 0.5) is 4.39 Å². The average Bonchev–Trinajstić information content (AvgIpc) is 3.45. The Kier molecular flexibility index (Phi) is 12.2. The molecule has 6 rings (SSSR count). The van der Waals surface area contributed by atoms with Gasteiger partial charge in [-0.2, -0.15) is 0 Å². The van der Waals surface area contributed by atoms with Crippen molar-refractivity contribution in [2.75, 3.05) is 32.7 Å². The lowest BCUT2D eigenvalue weighted by Crippen LogP contribution is -2.60. The van der Waals surface area contributed by atoms with Gasteiger partial charge in [-0.3, -0.25) is 33.8 Å². The third kappa shape index (κ3) is 7.95. The van der Waals surface area contributed by atoms with Crippen molar-refractivity contribution in [3.05, 3.63) is 53.4 Å². The SMILES string of the molecule is C=C/C(=C(\N=CC)[C@H](C)OC)c1c2c3cc(ccc3n1CC)C1CSC(=N1)C[C@H](NC(=O)[C@H]1[C@H](C)[C@@H]1CF)C(=O)N1CCC[C@H](N1)C(=O)OCC(C)(C)C2. The number of alkyl halides is 1. The first-order valence-electron chi connectivity index (χ1n) is 19.2. The average molecular weight is 763 g/mol. The van der Waals surface area contributed by atoms with Crippen LogP contribution in [0.25, 0.3) is 16.5 Å². The number of nitrogens with one attached hydrogen (secondary N) is 2. The van der Waals surface area contributed by atoms with Gasteiger partial charge in [0.15, 0.2) is 0 Å². The van der Waals surface area contributed by atoms with Crippen LogP contribution in [0.3, 0.4) is 0 Å². The van der Waals surface area contributed by atoms with E-state index in [2.05, 4.69) is 60.9 Å². The van der Waals surface area contributed by atoms with E-state index in [9.17, 15) is 18.8 Å². The van der Waals surface area contributed by atoms with Crippen LogP contribution in [0.15, 0.2) is 46.5 Å². The number of rotatable bonds is 9. The van der Waals surface area contributed by atoms with Gasteiger partial charge >= 0.3 is 5.97 Å². The number of carbonyl (C=O) groups excluding carboxylic acids is 3. The smallest absolute Gasteiger partial charge is 0.324 e. The number of aryl methyl sites for hydroxylation is 1. The van der Waals surface area contributed by atoms with Crippen LogP contribution in [-0.2, 0) is 36.8 Å². The first-order chi connectivity index (χ1) is 25.9. The summed E-state index contributed by atoms with van der Waals surface area (Å²) < 4.78 is 27.7. The Morgan fingerprint density at radius 3 is 2.78 bits per heavy atom. The highest BCUT2D eigenvalue weighted by Gasteiger charge is 2.52. The van der Waals surface area contributed by atoms with Crippen LogP contribution in [-0.4, -0.2) is 89.5 Å². The fourth-order valence-corrected chi connectivity index (χ4v) is 9.30. The highest BCUT2D eigenvalue weighted by atomic mass is 32.2. The summed E-state index contributed by atoms with van der Waals surface area (Å²) in [6.45, 7) is 16.9. The number of hydrogen-bond acceptors (Lipinski definition) is 9. The molecule has 11 nitrogen and oxygen atoms in total. The third-order valence-electron chi connectivity index (χ3n) is 11.4. The van der Waals surface area contributed by atoms with Crippen LogP contribution < -0.4 is 10.7 Å². The van der Waals surface area contributed by atoms with Gasteiger partial charge in [-0.05, 0) is 69.2 Å². The molecule has 1 aliphatic carbocycles. The number of cyclic esters (lactones) is 1. The lowest BCUT2D eigenvalue weighted by atomic mass is 9.84. The molecule has 2 N–H and O–H groups in total. The summed E-state index contributed by atoms with van der Waals surface area (Å²) >= 11 is 1.58. The Morgan fingerprint density at radius 1 is 1.33 bits per heavy atom. The molecule has 2 fully saturated rings. The summed E-state index contributed by atoms with van der Waals surface area (Å²) in [6, 6.07) is 4.69. The van der Waals surface area contributed by atoms with Crippen LogP contribution in [0.1, 0.15) is 83.7 Å². The molecule has 54 heavy (non-hydrogen) atoms. The summed E-state index contributed by atoms with van der Waals surface area (Å²) in [5.41, 5.74) is 8.49. The first kappa shape index (κ1) is 39.9. The summed E-state index contributed by atoms with van der Waals surface area (Å²) in [7, 11) is 1.67. The number of benzene rings is 1. The second-order valence-electron chi connectivity index (χ2n) is 15.7. The van der Waals surface area contributed by atoms with E-state index in [1.807, 2.05) is 26.8 Å². The number of aromatic nitrogens is 1. The number of aliphatic imine (C=N–C) groups is 2. The fourth-order valence-electron chi connectivity index (χ4n) is 8.19. The number of methoxy groups -OCH3 is 1. The van der Waals surface area contributed by atoms with Crippen molar-refractivity contribution in [3.8, 4) is 0 Å². The Bertz CT molecular complexity index is 1890. The number of amides is 2. The number of esters is 1. The van der Waals surface area contributed by atoms with Gasteiger partial charge in [0.1, 0.15) is 12.1 Å². The number of hydrazine groups is 1. The Labute approximate surface area is 322 Å². The van der Waals surface area contributed by atoms with Crippen molar-refractivity contribution in [2.24, 2.45) is 33.2 Å². The van der Waals surface area contributed by atoms with Crippen LogP contribution in [0.2, 0.25) is 0 Å². The second-order valence-corrected chi connectivity index (χ2v) is 16.8. The van der Waals surface area contributed by atoms with E-state index in [-0.39, 0.29) is 48.8 Å². The second kappa shape index (κ2) is 16.5. The third-order valence-corrected chi connectivity index (χ3v) is 12.5. The Hall–Kier alpha value is -3.81. The van der Waals surface area contributed by atoms with Crippen LogP contribution in [0.5, 0.6) is 0 Å². The van der Waals surface area contributed by atoms with Crippen molar-refractivity contribution < 1.29 is 28.2 Å². The summed E-state index contributed by atoms with van der Waals surface area (Å²) in [6.07, 6.45) is 5.21. The minimum absolute atomic E-state index is 0.0845. The Balaban J connectivity index is 1.47. The normalized spacial score (nSPS) is 28.3. The predicted octanol–water partition coefficient (Wildman–Crippen LogP) is 6.22.